The minimum atomic E-state index is -3.53. The molecule has 7 heteroatoms. The molecule has 1 aromatic rings. The summed E-state index contributed by atoms with van der Waals surface area (Å²) in [5.74, 6) is 0.671. The quantitative estimate of drug-likeness (QED) is 0.718. The zero-order valence-corrected chi connectivity index (χ0v) is 12.9. The summed E-state index contributed by atoms with van der Waals surface area (Å²) >= 11 is 0. The highest BCUT2D eigenvalue weighted by atomic mass is 32.2. The van der Waals surface area contributed by atoms with Crippen LogP contribution in [-0.2, 0) is 10.0 Å². The lowest BCUT2D eigenvalue weighted by atomic mass is 10.4. The first-order chi connectivity index (χ1) is 9.56. The predicted molar refractivity (Wildman–Crippen MR) is 79.2 cm³/mol. The monoisotopic (exact) mass is 301 g/mol. The molecule has 2 N–H and O–H groups in total. The Kier molecular flexibility index (Phi) is 6.90. The predicted octanol–water partition coefficient (Wildman–Crippen LogP) is 1.30. The lowest BCUT2D eigenvalue weighted by molar-refractivity contribution is 0.271. The van der Waals surface area contributed by atoms with Gasteiger partial charge in [-0.2, -0.15) is 4.31 Å². The number of nitrogens with one attached hydrogen (secondary N) is 1. The van der Waals surface area contributed by atoms with E-state index in [1.54, 1.807) is 19.1 Å². The van der Waals surface area contributed by atoms with Crippen LogP contribution < -0.4 is 5.32 Å². The zero-order chi connectivity index (χ0) is 15.0. The molecular formula is C13H23N3O3S. The van der Waals surface area contributed by atoms with E-state index in [-0.39, 0.29) is 11.5 Å². The molecule has 0 unspecified atom stereocenters. The highest BCUT2D eigenvalue weighted by Gasteiger charge is 2.22. The molecule has 0 aliphatic heterocycles. The molecule has 1 heterocycles. The first-order valence-corrected chi connectivity index (χ1v) is 8.31. The van der Waals surface area contributed by atoms with Crippen LogP contribution >= 0.6 is 0 Å². The van der Waals surface area contributed by atoms with Gasteiger partial charge in [0.25, 0.3) is 0 Å². The Hall–Kier alpha value is -1.18. The van der Waals surface area contributed by atoms with Crippen LogP contribution in [0.3, 0.4) is 0 Å². The van der Waals surface area contributed by atoms with Crippen LogP contribution in [0.1, 0.15) is 26.7 Å². The Morgan fingerprint density at radius 3 is 2.60 bits per heavy atom. The van der Waals surface area contributed by atoms with Crippen molar-refractivity contribution in [3.8, 4) is 0 Å². The topological polar surface area (TPSA) is 82.5 Å². The van der Waals surface area contributed by atoms with Gasteiger partial charge in [-0.15, -0.1) is 0 Å². The van der Waals surface area contributed by atoms with Gasteiger partial charge in [-0.25, -0.2) is 13.4 Å². The minimum absolute atomic E-state index is 0.0237. The van der Waals surface area contributed by atoms with Crippen LogP contribution in [0.4, 0.5) is 5.82 Å². The first-order valence-electron chi connectivity index (χ1n) is 6.87. The van der Waals surface area contributed by atoms with E-state index in [1.807, 2.05) is 6.92 Å². The van der Waals surface area contributed by atoms with Gasteiger partial charge in [0.15, 0.2) is 0 Å². The number of aliphatic hydroxyl groups is 1. The number of hydrogen-bond donors (Lipinski definition) is 2. The molecule has 0 aliphatic rings. The number of hydrogen-bond acceptors (Lipinski definition) is 5. The van der Waals surface area contributed by atoms with E-state index in [0.717, 1.165) is 13.0 Å². The summed E-state index contributed by atoms with van der Waals surface area (Å²) in [6, 6.07) is 3.23. The average molecular weight is 301 g/mol. The molecule has 1 rings (SSSR count). The number of anilines is 1. The highest BCUT2D eigenvalue weighted by molar-refractivity contribution is 7.89. The zero-order valence-electron chi connectivity index (χ0n) is 12.0. The molecule has 0 aromatic carbocycles. The fourth-order valence-electron chi connectivity index (χ4n) is 1.73. The Labute approximate surface area is 120 Å². The lowest BCUT2D eigenvalue weighted by Crippen LogP contribution is -2.32. The van der Waals surface area contributed by atoms with Crippen molar-refractivity contribution in [3.63, 3.8) is 0 Å². The van der Waals surface area contributed by atoms with Crippen molar-refractivity contribution in [1.82, 2.24) is 9.29 Å². The van der Waals surface area contributed by atoms with E-state index >= 15 is 0 Å². The Morgan fingerprint density at radius 2 is 2.10 bits per heavy atom. The molecule has 0 amide bonds. The SMILES string of the molecule is CCCNc1ccc(S(=O)(=O)N(CC)CCCO)cn1. The van der Waals surface area contributed by atoms with Crippen molar-refractivity contribution in [2.45, 2.75) is 31.6 Å². The molecule has 1 aromatic heterocycles. The van der Waals surface area contributed by atoms with Crippen molar-refractivity contribution < 1.29 is 13.5 Å². The summed E-state index contributed by atoms with van der Waals surface area (Å²) in [6.07, 6.45) is 2.78. The number of aromatic nitrogens is 1. The summed E-state index contributed by atoms with van der Waals surface area (Å²) in [4.78, 5) is 4.29. The van der Waals surface area contributed by atoms with Crippen LogP contribution in [0.5, 0.6) is 0 Å². The first kappa shape index (κ1) is 16.9. The van der Waals surface area contributed by atoms with Gasteiger partial charge in [0.2, 0.25) is 10.0 Å². The van der Waals surface area contributed by atoms with Gasteiger partial charge in [-0.3, -0.25) is 0 Å². The van der Waals surface area contributed by atoms with Gasteiger partial charge in [0, 0.05) is 32.4 Å². The van der Waals surface area contributed by atoms with Crippen LogP contribution in [0, 0.1) is 0 Å². The molecule has 0 radical (unpaired) electrons. The molecule has 0 aliphatic carbocycles. The van der Waals surface area contributed by atoms with E-state index in [2.05, 4.69) is 10.3 Å². The Balaban J connectivity index is 2.85. The maximum Gasteiger partial charge on any atom is 0.244 e. The minimum Gasteiger partial charge on any atom is -0.396 e. The Morgan fingerprint density at radius 1 is 1.35 bits per heavy atom. The van der Waals surface area contributed by atoms with Crippen molar-refractivity contribution in [2.24, 2.45) is 0 Å². The molecule has 0 fully saturated rings. The van der Waals surface area contributed by atoms with E-state index < -0.39 is 10.0 Å². The van der Waals surface area contributed by atoms with Crippen LogP contribution in [0.25, 0.3) is 0 Å². The van der Waals surface area contributed by atoms with Crippen molar-refractivity contribution in [3.05, 3.63) is 18.3 Å². The molecular weight excluding hydrogens is 278 g/mol. The van der Waals surface area contributed by atoms with Gasteiger partial charge in [-0.05, 0) is 25.0 Å². The summed E-state index contributed by atoms with van der Waals surface area (Å²) in [5, 5.41) is 11.9. The summed E-state index contributed by atoms with van der Waals surface area (Å²) < 4.78 is 26.1. The van der Waals surface area contributed by atoms with Crippen molar-refractivity contribution in [1.29, 1.82) is 0 Å². The van der Waals surface area contributed by atoms with E-state index in [0.29, 0.717) is 25.3 Å². The summed E-state index contributed by atoms with van der Waals surface area (Å²) in [7, 11) is -3.53. The molecule has 0 saturated heterocycles. The summed E-state index contributed by atoms with van der Waals surface area (Å²) in [6.45, 7) is 5.29. The van der Waals surface area contributed by atoms with Gasteiger partial charge < -0.3 is 10.4 Å². The second-order valence-electron chi connectivity index (χ2n) is 4.38. The molecule has 0 saturated carbocycles. The van der Waals surface area contributed by atoms with Gasteiger partial charge in [0.05, 0.1) is 0 Å². The third kappa shape index (κ3) is 4.43. The van der Waals surface area contributed by atoms with E-state index in [9.17, 15) is 8.42 Å². The molecule has 0 bridgehead atoms. The third-order valence-corrected chi connectivity index (χ3v) is 4.81. The largest absolute Gasteiger partial charge is 0.396 e. The second-order valence-corrected chi connectivity index (χ2v) is 6.32. The molecule has 114 valence electrons. The lowest BCUT2D eigenvalue weighted by Gasteiger charge is -2.20. The fraction of sp³-hybridized carbons (Fsp3) is 0.615. The number of pyridine rings is 1. The van der Waals surface area contributed by atoms with E-state index in [1.165, 1.54) is 10.5 Å². The maximum atomic E-state index is 12.4. The number of aliphatic hydroxyl groups excluding tert-OH is 1. The number of sulfonamides is 1. The molecule has 0 atom stereocenters. The average Bonchev–Trinajstić information content (AvgIpc) is 2.46. The smallest absolute Gasteiger partial charge is 0.244 e. The normalized spacial score (nSPS) is 11.8. The maximum absolute atomic E-state index is 12.4. The molecule has 20 heavy (non-hydrogen) atoms. The summed E-state index contributed by atoms with van der Waals surface area (Å²) in [5.41, 5.74) is 0. The van der Waals surface area contributed by atoms with Gasteiger partial charge in [0.1, 0.15) is 10.7 Å². The number of rotatable bonds is 9. The van der Waals surface area contributed by atoms with Gasteiger partial charge in [-0.1, -0.05) is 13.8 Å². The van der Waals surface area contributed by atoms with Crippen LogP contribution in [0.2, 0.25) is 0 Å². The van der Waals surface area contributed by atoms with Gasteiger partial charge >= 0.3 is 0 Å². The third-order valence-electron chi connectivity index (χ3n) is 2.85. The number of nitrogens with zero attached hydrogens (tertiary/aromatic N) is 2. The Bertz CT molecular complexity index is 488. The van der Waals surface area contributed by atoms with Crippen LogP contribution in [0.15, 0.2) is 23.2 Å². The fourth-order valence-corrected chi connectivity index (χ4v) is 3.17. The van der Waals surface area contributed by atoms with Crippen LogP contribution in [-0.4, -0.2) is 49.1 Å². The second kappa shape index (κ2) is 8.18. The molecule has 0 spiro atoms. The van der Waals surface area contributed by atoms with Crippen molar-refractivity contribution in [2.75, 3.05) is 31.6 Å². The van der Waals surface area contributed by atoms with E-state index in [4.69, 9.17) is 5.11 Å². The standard InChI is InChI=1S/C13H23N3O3S/c1-3-8-14-13-7-6-12(11-15-13)20(18,19)16(4-2)9-5-10-17/h6-7,11,17H,3-5,8-10H2,1-2H3,(H,14,15). The highest BCUT2D eigenvalue weighted by Crippen LogP contribution is 2.16. The van der Waals surface area contributed by atoms with Crippen molar-refractivity contribution >= 4 is 15.8 Å². The molecule has 6 nitrogen and oxygen atoms in total.